The van der Waals surface area contributed by atoms with Crippen LogP contribution < -0.4 is 10.2 Å². The molecule has 1 amide bonds. The number of carbonyl (C=O) groups excluding carboxylic acids is 1. The van der Waals surface area contributed by atoms with Crippen LogP contribution >= 0.6 is 34.4 Å². The second-order valence-corrected chi connectivity index (χ2v) is 10.4. The van der Waals surface area contributed by atoms with E-state index >= 15 is 0 Å². The van der Waals surface area contributed by atoms with Gasteiger partial charge in [-0.15, -0.1) is 21.5 Å². The van der Waals surface area contributed by atoms with E-state index in [1.807, 2.05) is 49.6 Å². The summed E-state index contributed by atoms with van der Waals surface area (Å²) in [5.74, 6) is 0.614. The number of nitrogens with zero attached hydrogens (tertiary/aromatic N) is 4. The van der Waals surface area contributed by atoms with Crippen LogP contribution in [0, 0.1) is 20.8 Å². The van der Waals surface area contributed by atoms with E-state index in [1.54, 1.807) is 23.6 Å². The number of amides is 1. The molecule has 0 fully saturated rings. The van der Waals surface area contributed by atoms with Gasteiger partial charge in [0.15, 0.2) is 9.47 Å². The van der Waals surface area contributed by atoms with Gasteiger partial charge in [0.2, 0.25) is 11.0 Å². The summed E-state index contributed by atoms with van der Waals surface area (Å²) >= 11 is 4.58. The van der Waals surface area contributed by atoms with Crippen LogP contribution in [0.5, 0.6) is 0 Å². The third-order valence-corrected chi connectivity index (χ3v) is 7.56. The zero-order valence-corrected chi connectivity index (χ0v) is 20.7. The Labute approximate surface area is 199 Å². The monoisotopic (exact) mass is 481 g/mol. The number of nitrogens with one attached hydrogen (secondary N) is 1. The summed E-state index contributed by atoms with van der Waals surface area (Å²) in [6.07, 6.45) is 0. The molecule has 0 aliphatic carbocycles. The summed E-state index contributed by atoms with van der Waals surface area (Å²) in [6.45, 7) is 7.71. The fourth-order valence-corrected chi connectivity index (χ4v) is 6.12. The number of carbonyl (C=O) groups is 1. The van der Waals surface area contributed by atoms with Gasteiger partial charge in [-0.3, -0.25) is 9.69 Å². The number of para-hydroxylation sites is 1. The third kappa shape index (κ3) is 5.17. The first kappa shape index (κ1) is 22.4. The molecule has 2 aromatic heterocycles. The topological polar surface area (TPSA) is 71.0 Å². The summed E-state index contributed by atoms with van der Waals surface area (Å²) in [7, 11) is 0. The molecule has 2 heterocycles. The van der Waals surface area contributed by atoms with Crippen molar-refractivity contribution in [3.63, 3.8) is 0 Å². The van der Waals surface area contributed by atoms with E-state index in [1.165, 1.54) is 28.2 Å². The SMILES string of the molecule is CC(=O)N(c1nc(CSc2nnc(Nc3ccccc3)s2)cs1)c1c(C)cc(C)cc1C. The van der Waals surface area contributed by atoms with Crippen molar-refractivity contribution in [3.05, 3.63) is 70.2 Å². The number of anilines is 4. The predicted molar refractivity (Wildman–Crippen MR) is 135 cm³/mol. The highest BCUT2D eigenvalue weighted by Gasteiger charge is 2.22. The molecule has 0 spiro atoms. The number of hydrogen-bond donors (Lipinski definition) is 1. The van der Waals surface area contributed by atoms with Crippen molar-refractivity contribution in [2.45, 2.75) is 37.8 Å². The number of hydrogen-bond acceptors (Lipinski definition) is 8. The summed E-state index contributed by atoms with van der Waals surface area (Å²) in [5, 5.41) is 15.2. The summed E-state index contributed by atoms with van der Waals surface area (Å²) in [6, 6.07) is 14.1. The van der Waals surface area contributed by atoms with Gasteiger partial charge in [-0.1, -0.05) is 59.0 Å². The maximum atomic E-state index is 12.5. The van der Waals surface area contributed by atoms with Crippen LogP contribution in [0.2, 0.25) is 0 Å². The second-order valence-electron chi connectivity index (χ2n) is 7.38. The molecule has 0 saturated carbocycles. The quantitative estimate of drug-likeness (QED) is 0.298. The maximum Gasteiger partial charge on any atom is 0.230 e. The largest absolute Gasteiger partial charge is 0.330 e. The van der Waals surface area contributed by atoms with E-state index in [0.29, 0.717) is 10.9 Å². The minimum Gasteiger partial charge on any atom is -0.330 e. The molecule has 6 nitrogen and oxygen atoms in total. The molecule has 0 aliphatic rings. The van der Waals surface area contributed by atoms with E-state index < -0.39 is 0 Å². The number of aryl methyl sites for hydroxylation is 3. The maximum absolute atomic E-state index is 12.5. The molecular weight excluding hydrogens is 458 g/mol. The van der Waals surface area contributed by atoms with Crippen molar-refractivity contribution in [1.82, 2.24) is 15.2 Å². The standard InChI is InChI=1S/C23H23N5OS3/c1-14-10-15(2)20(16(3)11-14)28(17(4)29)22-25-19(12-30-22)13-31-23-27-26-21(32-23)24-18-8-6-5-7-9-18/h5-12H,13H2,1-4H3,(H,24,26). The molecule has 1 N–H and O–H groups in total. The Balaban J connectivity index is 1.46. The van der Waals surface area contributed by atoms with E-state index in [0.717, 1.165) is 37.7 Å². The lowest BCUT2D eigenvalue weighted by Crippen LogP contribution is -2.24. The minimum absolute atomic E-state index is 0.0469. The van der Waals surface area contributed by atoms with Crippen LogP contribution in [0.15, 0.2) is 52.2 Å². The molecule has 164 valence electrons. The first-order valence-corrected chi connectivity index (χ1v) is 12.7. The fraction of sp³-hybridized carbons (Fsp3) is 0.217. The van der Waals surface area contributed by atoms with Crippen molar-refractivity contribution in [2.75, 3.05) is 10.2 Å². The Morgan fingerprint density at radius 1 is 1.09 bits per heavy atom. The highest BCUT2D eigenvalue weighted by molar-refractivity contribution is 8.00. The first-order chi connectivity index (χ1) is 15.4. The molecule has 0 saturated heterocycles. The smallest absolute Gasteiger partial charge is 0.230 e. The zero-order chi connectivity index (χ0) is 22.7. The Morgan fingerprint density at radius 2 is 1.81 bits per heavy atom. The molecule has 0 atom stereocenters. The van der Waals surface area contributed by atoms with Gasteiger partial charge in [0.1, 0.15) is 0 Å². The molecule has 0 bridgehead atoms. The van der Waals surface area contributed by atoms with Crippen molar-refractivity contribution in [2.24, 2.45) is 0 Å². The Kier molecular flexibility index (Phi) is 6.88. The average Bonchev–Trinajstić information content (AvgIpc) is 3.39. The van der Waals surface area contributed by atoms with Gasteiger partial charge >= 0.3 is 0 Å². The van der Waals surface area contributed by atoms with Crippen LogP contribution in [-0.2, 0) is 10.5 Å². The number of benzene rings is 2. The Hall–Kier alpha value is -2.75. The lowest BCUT2D eigenvalue weighted by atomic mass is 10.0. The van der Waals surface area contributed by atoms with Crippen molar-refractivity contribution in [1.29, 1.82) is 0 Å². The molecule has 0 aliphatic heterocycles. The van der Waals surface area contributed by atoms with Crippen LogP contribution in [0.4, 0.5) is 21.6 Å². The van der Waals surface area contributed by atoms with Gasteiger partial charge in [-0.2, -0.15) is 0 Å². The fourth-order valence-electron chi connectivity index (χ4n) is 3.48. The molecular formula is C23H23N5OS3. The highest BCUT2D eigenvalue weighted by Crippen LogP contribution is 2.36. The van der Waals surface area contributed by atoms with Gasteiger partial charge in [0, 0.05) is 23.7 Å². The van der Waals surface area contributed by atoms with Crippen LogP contribution in [0.1, 0.15) is 29.3 Å². The van der Waals surface area contributed by atoms with E-state index in [9.17, 15) is 4.79 Å². The second kappa shape index (κ2) is 9.81. The number of aromatic nitrogens is 3. The van der Waals surface area contributed by atoms with Crippen molar-refractivity contribution in [3.8, 4) is 0 Å². The van der Waals surface area contributed by atoms with Gasteiger partial charge in [0.25, 0.3) is 0 Å². The van der Waals surface area contributed by atoms with Gasteiger partial charge in [-0.25, -0.2) is 4.98 Å². The molecule has 2 aromatic carbocycles. The molecule has 0 radical (unpaired) electrons. The summed E-state index contributed by atoms with van der Waals surface area (Å²) in [4.78, 5) is 19.0. The van der Waals surface area contributed by atoms with Gasteiger partial charge < -0.3 is 5.32 Å². The Bertz CT molecular complexity index is 1210. The minimum atomic E-state index is -0.0469. The van der Waals surface area contributed by atoms with Crippen molar-refractivity contribution >= 4 is 62.0 Å². The van der Waals surface area contributed by atoms with E-state index in [4.69, 9.17) is 4.98 Å². The Morgan fingerprint density at radius 3 is 2.50 bits per heavy atom. The molecule has 4 aromatic rings. The number of thiazole rings is 1. The van der Waals surface area contributed by atoms with Crippen LogP contribution in [-0.4, -0.2) is 21.1 Å². The normalized spacial score (nSPS) is 10.9. The molecule has 0 unspecified atom stereocenters. The molecule has 4 rings (SSSR count). The number of thioether (sulfide) groups is 1. The third-order valence-electron chi connectivity index (χ3n) is 4.68. The summed E-state index contributed by atoms with van der Waals surface area (Å²) < 4.78 is 0.867. The zero-order valence-electron chi connectivity index (χ0n) is 18.2. The van der Waals surface area contributed by atoms with Gasteiger partial charge in [0.05, 0.1) is 11.4 Å². The molecule has 32 heavy (non-hydrogen) atoms. The van der Waals surface area contributed by atoms with E-state index in [-0.39, 0.29) is 5.91 Å². The average molecular weight is 482 g/mol. The lowest BCUT2D eigenvalue weighted by Gasteiger charge is -2.23. The van der Waals surface area contributed by atoms with Crippen molar-refractivity contribution < 1.29 is 4.79 Å². The van der Waals surface area contributed by atoms with Crippen LogP contribution in [0.25, 0.3) is 0 Å². The van der Waals surface area contributed by atoms with Gasteiger partial charge in [-0.05, 0) is 44.0 Å². The number of rotatable bonds is 7. The van der Waals surface area contributed by atoms with Crippen LogP contribution in [0.3, 0.4) is 0 Å². The molecule has 9 heteroatoms. The predicted octanol–water partition coefficient (Wildman–Crippen LogP) is 6.64. The summed E-state index contributed by atoms with van der Waals surface area (Å²) in [5.41, 5.74) is 6.12. The highest BCUT2D eigenvalue weighted by atomic mass is 32.2. The lowest BCUT2D eigenvalue weighted by molar-refractivity contribution is -0.115. The van der Waals surface area contributed by atoms with E-state index in [2.05, 4.69) is 34.6 Å². The first-order valence-electron chi connectivity index (χ1n) is 10.0.